The zero-order valence-corrected chi connectivity index (χ0v) is 19.3. The number of carbonyl (C=O) groups excluding carboxylic acids is 2. The number of nitrogens with zero attached hydrogens (tertiary/aromatic N) is 3. The van der Waals surface area contributed by atoms with Gasteiger partial charge in [-0.1, -0.05) is 36.4 Å². The van der Waals surface area contributed by atoms with E-state index in [1.807, 2.05) is 66.7 Å². The predicted molar refractivity (Wildman–Crippen MR) is 135 cm³/mol. The maximum Gasteiger partial charge on any atom is 0.321 e. The van der Waals surface area contributed by atoms with Gasteiger partial charge in [-0.3, -0.25) is 14.4 Å². The molecule has 1 aliphatic heterocycles. The minimum absolute atomic E-state index is 0.141. The molecule has 176 valence electrons. The van der Waals surface area contributed by atoms with Gasteiger partial charge in [0.2, 0.25) is 0 Å². The van der Waals surface area contributed by atoms with Crippen LogP contribution in [0.4, 0.5) is 16.2 Å². The van der Waals surface area contributed by atoms with Gasteiger partial charge in [0.25, 0.3) is 5.91 Å². The minimum atomic E-state index is -0.279. The lowest BCUT2D eigenvalue weighted by Crippen LogP contribution is -2.27. The van der Waals surface area contributed by atoms with Gasteiger partial charge in [-0.05, 0) is 48.0 Å². The Labute approximate surface area is 203 Å². The van der Waals surface area contributed by atoms with Gasteiger partial charge in [0.05, 0.1) is 19.2 Å². The molecule has 8 heteroatoms. The number of nitrogens with one attached hydrogen (secondary N) is 2. The van der Waals surface area contributed by atoms with E-state index in [4.69, 9.17) is 9.84 Å². The Morgan fingerprint density at radius 3 is 2.57 bits per heavy atom. The number of hydrogen-bond acceptors (Lipinski definition) is 4. The number of methoxy groups -OCH3 is 1. The molecule has 0 bridgehead atoms. The van der Waals surface area contributed by atoms with Gasteiger partial charge in [0, 0.05) is 36.2 Å². The molecule has 2 N–H and O–H groups in total. The second-order valence-electron chi connectivity index (χ2n) is 8.19. The van der Waals surface area contributed by atoms with E-state index in [2.05, 4.69) is 10.6 Å². The fourth-order valence-electron chi connectivity index (χ4n) is 4.07. The number of urea groups is 1. The molecule has 0 atom stereocenters. The number of hydrogen-bond donors (Lipinski definition) is 2. The lowest BCUT2D eigenvalue weighted by Gasteiger charge is -2.15. The first-order chi connectivity index (χ1) is 17.1. The molecule has 35 heavy (non-hydrogen) atoms. The van der Waals surface area contributed by atoms with Crippen LogP contribution in [0, 0.1) is 0 Å². The zero-order chi connectivity index (χ0) is 24.2. The van der Waals surface area contributed by atoms with Crippen LogP contribution in [0.25, 0.3) is 11.3 Å². The van der Waals surface area contributed by atoms with E-state index in [1.165, 1.54) is 0 Å². The van der Waals surface area contributed by atoms with Gasteiger partial charge in [0.15, 0.2) is 0 Å². The maximum absolute atomic E-state index is 13.4. The fraction of sp³-hybridized carbons (Fsp3) is 0.148. The van der Waals surface area contributed by atoms with Crippen molar-refractivity contribution in [3.05, 3.63) is 96.2 Å². The SMILES string of the molecule is COc1ccc(-c2nn(Cc3ccccc3)cc2C(=O)Nc2cccc(N3CCNC3=O)c2)cc1. The molecule has 0 spiro atoms. The molecule has 0 aliphatic carbocycles. The molecule has 0 unspecified atom stereocenters. The van der Waals surface area contributed by atoms with Crippen molar-refractivity contribution in [1.29, 1.82) is 0 Å². The Bertz CT molecular complexity index is 1350. The Morgan fingerprint density at radius 1 is 1.06 bits per heavy atom. The molecule has 0 radical (unpaired) electrons. The summed E-state index contributed by atoms with van der Waals surface area (Å²) in [5.41, 5.74) is 4.26. The molecule has 8 nitrogen and oxygen atoms in total. The van der Waals surface area contributed by atoms with Crippen LogP contribution in [0.3, 0.4) is 0 Å². The smallest absolute Gasteiger partial charge is 0.321 e. The summed E-state index contributed by atoms with van der Waals surface area (Å²) in [7, 11) is 1.61. The van der Waals surface area contributed by atoms with Crippen LogP contribution in [-0.4, -0.2) is 41.9 Å². The van der Waals surface area contributed by atoms with Crippen molar-refractivity contribution in [2.45, 2.75) is 6.54 Å². The number of ether oxygens (including phenoxy) is 1. The van der Waals surface area contributed by atoms with Crippen LogP contribution in [0.1, 0.15) is 15.9 Å². The Kier molecular flexibility index (Phi) is 6.17. The van der Waals surface area contributed by atoms with Crippen molar-refractivity contribution in [3.63, 3.8) is 0 Å². The van der Waals surface area contributed by atoms with Crippen LogP contribution >= 0.6 is 0 Å². The summed E-state index contributed by atoms with van der Waals surface area (Å²) in [6.45, 7) is 1.72. The third-order valence-corrected chi connectivity index (χ3v) is 5.83. The molecule has 4 aromatic rings. The number of benzene rings is 3. The van der Waals surface area contributed by atoms with E-state index in [0.717, 1.165) is 22.6 Å². The first-order valence-corrected chi connectivity index (χ1v) is 11.3. The van der Waals surface area contributed by atoms with E-state index in [9.17, 15) is 9.59 Å². The third kappa shape index (κ3) is 4.86. The molecule has 5 rings (SSSR count). The Balaban J connectivity index is 1.45. The van der Waals surface area contributed by atoms with Crippen LogP contribution in [0.5, 0.6) is 5.75 Å². The van der Waals surface area contributed by atoms with Gasteiger partial charge in [-0.2, -0.15) is 5.10 Å². The van der Waals surface area contributed by atoms with Crippen molar-refractivity contribution in [2.75, 3.05) is 30.4 Å². The van der Waals surface area contributed by atoms with E-state index < -0.39 is 0 Å². The molecule has 1 saturated heterocycles. The minimum Gasteiger partial charge on any atom is -0.497 e. The molecule has 1 aromatic heterocycles. The van der Waals surface area contributed by atoms with Gasteiger partial charge < -0.3 is 15.4 Å². The molecule has 3 aromatic carbocycles. The Hall–Kier alpha value is -4.59. The fourth-order valence-corrected chi connectivity index (χ4v) is 4.07. The summed E-state index contributed by atoms with van der Waals surface area (Å²) in [5, 5.41) is 10.5. The lowest BCUT2D eigenvalue weighted by molar-refractivity contribution is 0.102. The topological polar surface area (TPSA) is 88.5 Å². The highest BCUT2D eigenvalue weighted by molar-refractivity contribution is 6.08. The summed E-state index contributed by atoms with van der Waals surface area (Å²) in [6, 6.07) is 24.6. The Morgan fingerprint density at radius 2 is 1.86 bits per heavy atom. The van der Waals surface area contributed by atoms with Gasteiger partial charge in [-0.25, -0.2) is 4.79 Å². The second-order valence-corrected chi connectivity index (χ2v) is 8.19. The lowest BCUT2D eigenvalue weighted by atomic mass is 10.1. The first-order valence-electron chi connectivity index (χ1n) is 11.3. The number of amides is 3. The highest BCUT2D eigenvalue weighted by Crippen LogP contribution is 2.27. The zero-order valence-electron chi connectivity index (χ0n) is 19.3. The summed E-state index contributed by atoms with van der Waals surface area (Å²) in [6.07, 6.45) is 1.76. The van der Waals surface area contributed by atoms with E-state index in [0.29, 0.717) is 36.6 Å². The van der Waals surface area contributed by atoms with E-state index >= 15 is 0 Å². The normalized spacial score (nSPS) is 12.9. The van der Waals surface area contributed by atoms with Crippen molar-refractivity contribution in [3.8, 4) is 17.0 Å². The summed E-state index contributed by atoms with van der Waals surface area (Å²) >= 11 is 0. The van der Waals surface area contributed by atoms with Gasteiger partial charge >= 0.3 is 6.03 Å². The number of carbonyl (C=O) groups is 2. The van der Waals surface area contributed by atoms with Crippen LogP contribution in [0.2, 0.25) is 0 Å². The van der Waals surface area contributed by atoms with Crippen LogP contribution in [-0.2, 0) is 6.54 Å². The molecular formula is C27H25N5O3. The summed E-state index contributed by atoms with van der Waals surface area (Å²) in [4.78, 5) is 27.1. The summed E-state index contributed by atoms with van der Waals surface area (Å²) in [5.74, 6) is 0.449. The maximum atomic E-state index is 13.4. The average Bonchev–Trinajstić information content (AvgIpc) is 3.51. The molecule has 1 aliphatic rings. The quantitative estimate of drug-likeness (QED) is 0.422. The molecule has 2 heterocycles. The number of rotatable bonds is 7. The van der Waals surface area contributed by atoms with Crippen molar-refractivity contribution in [2.24, 2.45) is 0 Å². The molecular weight excluding hydrogens is 442 g/mol. The number of aromatic nitrogens is 2. The average molecular weight is 468 g/mol. The van der Waals surface area contributed by atoms with E-state index in [1.54, 1.807) is 35.0 Å². The first kappa shape index (κ1) is 22.2. The summed E-state index contributed by atoms with van der Waals surface area (Å²) < 4.78 is 7.04. The van der Waals surface area contributed by atoms with Crippen molar-refractivity contribution < 1.29 is 14.3 Å². The number of anilines is 2. The standard InChI is InChI=1S/C27H25N5O3/c1-35-23-12-10-20(11-13-23)25-24(18-31(30-25)17-19-6-3-2-4-7-19)26(33)29-21-8-5-9-22(16-21)32-15-14-28-27(32)34/h2-13,16,18H,14-15,17H2,1H3,(H,28,34)(H,29,33). The van der Waals surface area contributed by atoms with Crippen LogP contribution in [0.15, 0.2) is 85.1 Å². The van der Waals surface area contributed by atoms with Crippen LogP contribution < -0.4 is 20.3 Å². The second kappa shape index (κ2) is 9.72. The molecule has 1 fully saturated rings. The van der Waals surface area contributed by atoms with Gasteiger partial charge in [-0.15, -0.1) is 0 Å². The van der Waals surface area contributed by atoms with E-state index in [-0.39, 0.29) is 11.9 Å². The third-order valence-electron chi connectivity index (χ3n) is 5.83. The monoisotopic (exact) mass is 467 g/mol. The predicted octanol–water partition coefficient (Wildman–Crippen LogP) is 4.39. The molecule has 0 saturated carbocycles. The van der Waals surface area contributed by atoms with Crippen molar-refractivity contribution >= 4 is 23.3 Å². The highest BCUT2D eigenvalue weighted by atomic mass is 16.5. The molecule has 3 amide bonds. The van der Waals surface area contributed by atoms with Gasteiger partial charge in [0.1, 0.15) is 11.4 Å². The largest absolute Gasteiger partial charge is 0.497 e. The highest BCUT2D eigenvalue weighted by Gasteiger charge is 2.22. The van der Waals surface area contributed by atoms with Crippen molar-refractivity contribution in [1.82, 2.24) is 15.1 Å².